The lowest BCUT2D eigenvalue weighted by molar-refractivity contribution is -0.130. The smallest absolute Gasteiger partial charge is 0.222 e. The third-order valence-electron chi connectivity index (χ3n) is 5.77. The first-order chi connectivity index (χ1) is 12.8. The van der Waals surface area contributed by atoms with E-state index in [2.05, 4.69) is 27.4 Å². The van der Waals surface area contributed by atoms with E-state index >= 15 is 0 Å². The number of hydrogen-bond acceptors (Lipinski definition) is 4. The summed E-state index contributed by atoms with van der Waals surface area (Å²) in [6.45, 7) is 12.4. The van der Waals surface area contributed by atoms with E-state index in [1.165, 1.54) is 32.6 Å². The summed E-state index contributed by atoms with van der Waals surface area (Å²) in [4.78, 5) is 24.0. The van der Waals surface area contributed by atoms with Gasteiger partial charge in [0.2, 0.25) is 5.91 Å². The van der Waals surface area contributed by atoms with Crippen LogP contribution in [-0.2, 0) is 4.79 Å². The van der Waals surface area contributed by atoms with Crippen molar-refractivity contribution in [3.8, 4) is 0 Å². The lowest BCUT2D eigenvalue weighted by atomic mass is 10.1. The van der Waals surface area contributed by atoms with Gasteiger partial charge in [-0.1, -0.05) is 6.42 Å². The number of hydrogen-bond donors (Lipinski definition) is 2. The first kappa shape index (κ1) is 22.7. The van der Waals surface area contributed by atoms with Crippen LogP contribution in [0.3, 0.4) is 0 Å². The van der Waals surface area contributed by atoms with Crippen molar-refractivity contribution in [3.05, 3.63) is 0 Å². The maximum absolute atomic E-state index is 12.0. The standard InChI is InChI=1S/C19H36N6O.HI/c1-2-20-19(22-15-17-16-23-11-13-24(17)14-12-23)21-8-6-10-25-9-5-3-4-7-18(25)26;/h17H,2-16H2,1H3,(H2,20,21,22);1H. The molecule has 0 aromatic heterocycles. The van der Waals surface area contributed by atoms with Crippen molar-refractivity contribution < 1.29 is 4.79 Å². The second-order valence-electron chi connectivity index (χ2n) is 7.68. The second-order valence-corrected chi connectivity index (χ2v) is 7.68. The number of nitrogens with one attached hydrogen (secondary N) is 2. The number of likely N-dealkylation sites (tertiary alicyclic amines) is 1. The van der Waals surface area contributed by atoms with E-state index < -0.39 is 0 Å². The van der Waals surface area contributed by atoms with E-state index in [4.69, 9.17) is 4.99 Å². The Morgan fingerprint density at radius 3 is 2.63 bits per heavy atom. The normalized spacial score (nSPS) is 28.5. The number of halogens is 1. The summed E-state index contributed by atoms with van der Waals surface area (Å²) >= 11 is 0. The summed E-state index contributed by atoms with van der Waals surface area (Å²) in [6, 6.07) is 0.558. The largest absolute Gasteiger partial charge is 0.357 e. The molecule has 7 nitrogen and oxygen atoms in total. The van der Waals surface area contributed by atoms with Crippen molar-refractivity contribution in [2.24, 2.45) is 4.99 Å². The van der Waals surface area contributed by atoms with Crippen molar-refractivity contribution in [2.45, 2.75) is 45.1 Å². The van der Waals surface area contributed by atoms with E-state index in [1.807, 2.05) is 4.90 Å². The van der Waals surface area contributed by atoms with Gasteiger partial charge in [0, 0.05) is 71.4 Å². The van der Waals surface area contributed by atoms with Crippen LogP contribution in [0.4, 0.5) is 0 Å². The lowest BCUT2D eigenvalue weighted by Crippen LogP contribution is -2.62. The lowest BCUT2D eigenvalue weighted by Gasteiger charge is -2.47. The highest BCUT2D eigenvalue weighted by Gasteiger charge is 2.31. The Bertz CT molecular complexity index is 481. The molecule has 0 aromatic rings. The second kappa shape index (κ2) is 12.1. The molecule has 0 radical (unpaired) electrons. The molecule has 0 spiro atoms. The van der Waals surface area contributed by atoms with E-state index in [1.54, 1.807) is 0 Å². The zero-order chi connectivity index (χ0) is 18.2. The molecule has 2 N–H and O–H groups in total. The zero-order valence-electron chi connectivity index (χ0n) is 16.8. The Morgan fingerprint density at radius 1 is 1.11 bits per heavy atom. The minimum atomic E-state index is 0. The molecule has 4 aliphatic rings. The van der Waals surface area contributed by atoms with Crippen molar-refractivity contribution in [2.75, 3.05) is 65.4 Å². The summed E-state index contributed by atoms with van der Waals surface area (Å²) < 4.78 is 0. The molecule has 0 saturated carbocycles. The van der Waals surface area contributed by atoms with E-state index in [9.17, 15) is 4.79 Å². The summed E-state index contributed by atoms with van der Waals surface area (Å²) in [5, 5.41) is 6.79. The molecule has 4 aliphatic heterocycles. The van der Waals surface area contributed by atoms with Crippen LogP contribution in [0, 0.1) is 0 Å². The average Bonchev–Trinajstić information content (AvgIpc) is 2.88. The van der Waals surface area contributed by atoms with Gasteiger partial charge in [0.15, 0.2) is 5.96 Å². The number of amides is 1. The molecule has 2 bridgehead atoms. The van der Waals surface area contributed by atoms with Gasteiger partial charge in [0.05, 0.1) is 6.54 Å². The van der Waals surface area contributed by atoms with Crippen LogP contribution in [0.1, 0.15) is 39.0 Å². The quantitative estimate of drug-likeness (QED) is 0.240. The molecule has 156 valence electrons. The third kappa shape index (κ3) is 7.05. The topological polar surface area (TPSA) is 63.2 Å². The SMILES string of the molecule is CCNC(=NCC1CN2CCN1CC2)NCCCN1CCCCCC1=O.I. The zero-order valence-corrected chi connectivity index (χ0v) is 19.1. The Balaban J connectivity index is 0.00000261. The molecule has 0 aliphatic carbocycles. The van der Waals surface area contributed by atoms with Gasteiger partial charge in [-0.15, -0.1) is 24.0 Å². The summed E-state index contributed by atoms with van der Waals surface area (Å²) in [5.74, 6) is 1.24. The molecule has 4 fully saturated rings. The molecule has 1 amide bonds. The Hall–Kier alpha value is -0.610. The number of carbonyl (C=O) groups is 1. The van der Waals surface area contributed by atoms with Crippen molar-refractivity contribution >= 4 is 35.8 Å². The van der Waals surface area contributed by atoms with Gasteiger partial charge in [0.25, 0.3) is 0 Å². The fraction of sp³-hybridized carbons (Fsp3) is 0.895. The summed E-state index contributed by atoms with van der Waals surface area (Å²) in [6.07, 6.45) is 5.10. The first-order valence-electron chi connectivity index (χ1n) is 10.5. The number of fused-ring (bicyclic) bond motifs is 3. The van der Waals surface area contributed by atoms with Crippen LogP contribution in [0.2, 0.25) is 0 Å². The van der Waals surface area contributed by atoms with E-state index in [-0.39, 0.29) is 24.0 Å². The van der Waals surface area contributed by atoms with Crippen LogP contribution in [-0.4, -0.2) is 98.1 Å². The average molecular weight is 492 g/mol. The molecule has 4 saturated heterocycles. The minimum Gasteiger partial charge on any atom is -0.357 e. The molecule has 0 aromatic carbocycles. The summed E-state index contributed by atoms with van der Waals surface area (Å²) in [7, 11) is 0. The molecule has 1 unspecified atom stereocenters. The van der Waals surface area contributed by atoms with Gasteiger partial charge < -0.3 is 15.5 Å². The van der Waals surface area contributed by atoms with Gasteiger partial charge in [-0.3, -0.25) is 19.6 Å². The van der Waals surface area contributed by atoms with Crippen LogP contribution in [0.5, 0.6) is 0 Å². The predicted molar refractivity (Wildman–Crippen MR) is 121 cm³/mol. The number of rotatable bonds is 7. The maximum Gasteiger partial charge on any atom is 0.222 e. The van der Waals surface area contributed by atoms with Crippen LogP contribution < -0.4 is 10.6 Å². The van der Waals surface area contributed by atoms with Crippen molar-refractivity contribution in [1.82, 2.24) is 25.3 Å². The molecule has 8 heteroatoms. The highest BCUT2D eigenvalue weighted by molar-refractivity contribution is 14.0. The highest BCUT2D eigenvalue weighted by Crippen LogP contribution is 2.15. The fourth-order valence-corrected chi connectivity index (χ4v) is 4.19. The fourth-order valence-electron chi connectivity index (χ4n) is 4.19. The Kier molecular flexibility index (Phi) is 10.1. The molecule has 1 atom stereocenters. The van der Waals surface area contributed by atoms with Crippen molar-refractivity contribution in [3.63, 3.8) is 0 Å². The number of carbonyl (C=O) groups excluding carboxylic acids is 1. The molecule has 27 heavy (non-hydrogen) atoms. The van der Waals surface area contributed by atoms with Crippen molar-refractivity contribution in [1.29, 1.82) is 0 Å². The van der Waals surface area contributed by atoms with Gasteiger partial charge in [-0.05, 0) is 26.2 Å². The van der Waals surface area contributed by atoms with Gasteiger partial charge in [-0.2, -0.15) is 0 Å². The minimum absolute atomic E-state index is 0. The number of piperazine rings is 3. The maximum atomic E-state index is 12.0. The molecule has 4 rings (SSSR count). The monoisotopic (exact) mass is 492 g/mol. The third-order valence-corrected chi connectivity index (χ3v) is 5.77. The Morgan fingerprint density at radius 2 is 1.93 bits per heavy atom. The molecular weight excluding hydrogens is 455 g/mol. The summed E-state index contributed by atoms with van der Waals surface area (Å²) in [5.41, 5.74) is 0. The number of guanidine groups is 1. The van der Waals surface area contributed by atoms with E-state index in [0.29, 0.717) is 11.9 Å². The van der Waals surface area contributed by atoms with Crippen LogP contribution in [0.15, 0.2) is 4.99 Å². The van der Waals surface area contributed by atoms with Gasteiger partial charge in [-0.25, -0.2) is 0 Å². The molecule has 4 heterocycles. The molecular formula is C19H37IN6O. The highest BCUT2D eigenvalue weighted by atomic mass is 127. The van der Waals surface area contributed by atoms with Gasteiger partial charge >= 0.3 is 0 Å². The predicted octanol–water partition coefficient (Wildman–Crippen LogP) is 0.952. The van der Waals surface area contributed by atoms with E-state index in [0.717, 1.165) is 70.9 Å². The van der Waals surface area contributed by atoms with Crippen LogP contribution >= 0.6 is 24.0 Å². The van der Waals surface area contributed by atoms with Gasteiger partial charge in [0.1, 0.15) is 0 Å². The first-order valence-corrected chi connectivity index (χ1v) is 10.5. The Labute approximate surface area is 181 Å². The van der Waals surface area contributed by atoms with Crippen LogP contribution in [0.25, 0.3) is 0 Å². The number of aliphatic imine (C=N–C) groups is 1. The number of nitrogens with zero attached hydrogens (tertiary/aromatic N) is 4.